The molecule has 1 atom stereocenters. The van der Waals surface area contributed by atoms with Gasteiger partial charge in [-0.1, -0.05) is 0 Å². The number of nitrogens with zero attached hydrogens (tertiary/aromatic N) is 4. The Morgan fingerprint density at radius 1 is 1.60 bits per heavy atom. The first kappa shape index (κ1) is 13.3. The molecule has 2 aromatic rings. The maximum absolute atomic E-state index is 12.4. The molecule has 0 unspecified atom stereocenters. The number of hydrogen-bond acceptors (Lipinski definition) is 4. The van der Waals surface area contributed by atoms with Gasteiger partial charge in [-0.15, -0.1) is 0 Å². The Balaban J connectivity index is 1.64. The quantitative estimate of drug-likeness (QED) is 0.868. The molecule has 0 saturated carbocycles. The molecule has 0 aromatic carbocycles. The molecular weight excluding hydrogens is 272 g/mol. The van der Waals surface area contributed by atoms with Crippen molar-refractivity contribution in [3.8, 4) is 0 Å². The van der Waals surface area contributed by atoms with Gasteiger partial charge in [0.25, 0.3) is 5.91 Å². The van der Waals surface area contributed by atoms with Crippen molar-refractivity contribution < 1.29 is 4.79 Å². The summed E-state index contributed by atoms with van der Waals surface area (Å²) in [7, 11) is 1.88. The molecule has 1 aliphatic heterocycles. The predicted molar refractivity (Wildman–Crippen MR) is 77.8 cm³/mol. The second kappa shape index (κ2) is 5.36. The SMILES string of the molecule is Cc1nscc1C(=O)N(C)C[C@H]1CCc2nccn2C1. The van der Waals surface area contributed by atoms with Crippen LogP contribution in [0.3, 0.4) is 0 Å². The fourth-order valence-corrected chi connectivity index (χ4v) is 3.45. The lowest BCUT2D eigenvalue weighted by Crippen LogP contribution is -2.35. The molecule has 20 heavy (non-hydrogen) atoms. The van der Waals surface area contributed by atoms with Crippen molar-refractivity contribution in [1.82, 2.24) is 18.8 Å². The Labute approximate surface area is 122 Å². The highest BCUT2D eigenvalue weighted by molar-refractivity contribution is 7.03. The third-order valence-corrected chi connectivity index (χ3v) is 4.61. The highest BCUT2D eigenvalue weighted by atomic mass is 32.1. The summed E-state index contributed by atoms with van der Waals surface area (Å²) in [6.45, 7) is 3.62. The minimum atomic E-state index is 0.0766. The minimum Gasteiger partial charge on any atom is -0.341 e. The van der Waals surface area contributed by atoms with Crippen molar-refractivity contribution in [2.75, 3.05) is 13.6 Å². The van der Waals surface area contributed by atoms with Gasteiger partial charge in [0.05, 0.1) is 11.3 Å². The first-order valence-electron chi connectivity index (χ1n) is 6.81. The number of amides is 1. The zero-order valence-electron chi connectivity index (χ0n) is 11.7. The Morgan fingerprint density at radius 2 is 2.45 bits per heavy atom. The molecule has 0 saturated heterocycles. The van der Waals surface area contributed by atoms with Gasteiger partial charge in [0, 0.05) is 44.3 Å². The largest absolute Gasteiger partial charge is 0.341 e. The van der Waals surface area contributed by atoms with Gasteiger partial charge in [0.2, 0.25) is 0 Å². The lowest BCUT2D eigenvalue weighted by atomic mass is 9.98. The number of hydrogen-bond donors (Lipinski definition) is 0. The summed E-state index contributed by atoms with van der Waals surface area (Å²) < 4.78 is 6.37. The van der Waals surface area contributed by atoms with Crippen LogP contribution in [0.2, 0.25) is 0 Å². The Hall–Kier alpha value is -1.69. The highest BCUT2D eigenvalue weighted by Crippen LogP contribution is 2.20. The second-order valence-electron chi connectivity index (χ2n) is 5.40. The van der Waals surface area contributed by atoms with E-state index in [1.54, 1.807) is 0 Å². The molecule has 5 nitrogen and oxygen atoms in total. The lowest BCUT2D eigenvalue weighted by Gasteiger charge is -2.28. The van der Waals surface area contributed by atoms with E-state index in [2.05, 4.69) is 13.9 Å². The van der Waals surface area contributed by atoms with Crippen molar-refractivity contribution in [3.63, 3.8) is 0 Å². The number of carbonyl (C=O) groups is 1. The van der Waals surface area contributed by atoms with E-state index in [0.717, 1.165) is 43.0 Å². The maximum Gasteiger partial charge on any atom is 0.256 e. The zero-order valence-corrected chi connectivity index (χ0v) is 12.6. The van der Waals surface area contributed by atoms with Crippen LogP contribution in [-0.4, -0.2) is 38.3 Å². The lowest BCUT2D eigenvalue weighted by molar-refractivity contribution is 0.0760. The van der Waals surface area contributed by atoms with Crippen LogP contribution in [0, 0.1) is 12.8 Å². The average molecular weight is 290 g/mol. The van der Waals surface area contributed by atoms with Gasteiger partial charge in [-0.25, -0.2) is 4.98 Å². The number of aryl methyl sites for hydroxylation is 2. The van der Waals surface area contributed by atoms with Gasteiger partial charge >= 0.3 is 0 Å². The molecule has 0 N–H and O–H groups in total. The van der Waals surface area contributed by atoms with Gasteiger partial charge in [-0.3, -0.25) is 4.79 Å². The number of carbonyl (C=O) groups excluding carboxylic acids is 1. The number of fused-ring (bicyclic) bond motifs is 1. The molecule has 3 heterocycles. The van der Waals surface area contributed by atoms with Crippen LogP contribution in [0.15, 0.2) is 17.8 Å². The average Bonchev–Trinajstić information content (AvgIpc) is 3.05. The molecule has 0 aliphatic carbocycles. The van der Waals surface area contributed by atoms with Gasteiger partial charge in [0.1, 0.15) is 5.82 Å². The van der Waals surface area contributed by atoms with Crippen LogP contribution in [0.1, 0.15) is 28.3 Å². The van der Waals surface area contributed by atoms with Crippen molar-refractivity contribution >= 4 is 17.4 Å². The summed E-state index contributed by atoms with van der Waals surface area (Å²) >= 11 is 1.34. The Bertz CT molecular complexity index is 618. The summed E-state index contributed by atoms with van der Waals surface area (Å²) in [5, 5.41) is 1.84. The van der Waals surface area contributed by atoms with Gasteiger partial charge in [-0.05, 0) is 30.8 Å². The van der Waals surface area contributed by atoms with E-state index in [1.165, 1.54) is 11.5 Å². The van der Waals surface area contributed by atoms with Crippen molar-refractivity contribution in [1.29, 1.82) is 0 Å². The van der Waals surface area contributed by atoms with E-state index in [-0.39, 0.29) is 5.91 Å². The van der Waals surface area contributed by atoms with Crippen LogP contribution in [0.5, 0.6) is 0 Å². The Morgan fingerprint density at radius 3 is 3.20 bits per heavy atom. The number of aromatic nitrogens is 3. The van der Waals surface area contributed by atoms with E-state index in [1.807, 2.05) is 36.6 Å². The zero-order chi connectivity index (χ0) is 14.1. The third-order valence-electron chi connectivity index (χ3n) is 3.89. The summed E-state index contributed by atoms with van der Waals surface area (Å²) in [4.78, 5) is 18.5. The van der Waals surface area contributed by atoms with Crippen molar-refractivity contribution in [2.45, 2.75) is 26.3 Å². The van der Waals surface area contributed by atoms with Crippen LogP contribution >= 0.6 is 11.5 Å². The molecule has 106 valence electrons. The summed E-state index contributed by atoms with van der Waals surface area (Å²) in [6.07, 6.45) is 5.97. The van der Waals surface area contributed by atoms with E-state index in [9.17, 15) is 4.79 Å². The van der Waals surface area contributed by atoms with E-state index < -0.39 is 0 Å². The van der Waals surface area contributed by atoms with Gasteiger partial charge < -0.3 is 9.47 Å². The van der Waals surface area contributed by atoms with E-state index >= 15 is 0 Å². The maximum atomic E-state index is 12.4. The fraction of sp³-hybridized carbons (Fsp3) is 0.500. The molecule has 1 aliphatic rings. The summed E-state index contributed by atoms with van der Waals surface area (Å²) in [6, 6.07) is 0. The number of imidazole rings is 1. The molecule has 2 aromatic heterocycles. The second-order valence-corrected chi connectivity index (χ2v) is 6.03. The normalized spacial score (nSPS) is 17.8. The molecule has 0 radical (unpaired) electrons. The highest BCUT2D eigenvalue weighted by Gasteiger charge is 2.23. The van der Waals surface area contributed by atoms with Gasteiger partial charge in [0.15, 0.2) is 0 Å². The number of rotatable bonds is 3. The van der Waals surface area contributed by atoms with Crippen molar-refractivity contribution in [3.05, 3.63) is 34.9 Å². The predicted octanol–water partition coefficient (Wildman–Crippen LogP) is 1.98. The van der Waals surface area contributed by atoms with E-state index in [0.29, 0.717) is 5.92 Å². The third kappa shape index (κ3) is 2.47. The van der Waals surface area contributed by atoms with Crippen LogP contribution in [-0.2, 0) is 13.0 Å². The summed E-state index contributed by atoms with van der Waals surface area (Å²) in [5.41, 5.74) is 1.56. The van der Waals surface area contributed by atoms with Crippen LogP contribution < -0.4 is 0 Å². The summed E-state index contributed by atoms with van der Waals surface area (Å²) in [5.74, 6) is 1.73. The van der Waals surface area contributed by atoms with Crippen molar-refractivity contribution in [2.24, 2.45) is 5.92 Å². The minimum absolute atomic E-state index is 0.0766. The molecule has 0 bridgehead atoms. The van der Waals surface area contributed by atoms with E-state index in [4.69, 9.17) is 0 Å². The van der Waals surface area contributed by atoms with Crippen LogP contribution in [0.25, 0.3) is 0 Å². The monoisotopic (exact) mass is 290 g/mol. The van der Waals surface area contributed by atoms with Crippen LogP contribution in [0.4, 0.5) is 0 Å². The molecular formula is C14H18N4OS. The molecule has 6 heteroatoms. The smallest absolute Gasteiger partial charge is 0.256 e. The molecule has 0 fully saturated rings. The topological polar surface area (TPSA) is 51.0 Å². The molecule has 0 spiro atoms. The Kier molecular flexibility index (Phi) is 3.56. The first-order chi connectivity index (χ1) is 9.65. The fourth-order valence-electron chi connectivity index (χ4n) is 2.76. The molecule has 3 rings (SSSR count). The first-order valence-corrected chi connectivity index (χ1v) is 7.65. The standard InChI is InChI=1S/C14H18N4OS/c1-10-12(9-20-16-10)14(19)17(2)7-11-3-4-13-15-5-6-18(13)8-11/h5-6,9,11H,3-4,7-8H2,1-2H3/t11-/m1/s1. The van der Waals surface area contributed by atoms with Gasteiger partial charge in [-0.2, -0.15) is 4.37 Å². The molecule has 1 amide bonds.